The standard InChI is InChI=1S/C14H16N2O2S/c1-10-15-12(9-19-10)5-8-14(17)16-11-3-6-13(18-2)7-4-11/h3-4,6-7,9H,5,8H2,1-2H3,(H,16,17). The average Bonchev–Trinajstić information content (AvgIpc) is 2.83. The first-order valence-corrected chi connectivity index (χ1v) is 6.90. The number of ether oxygens (including phenoxy) is 1. The lowest BCUT2D eigenvalue weighted by Crippen LogP contribution is -2.12. The molecule has 2 aromatic rings. The first kappa shape index (κ1) is 13.5. The zero-order valence-corrected chi connectivity index (χ0v) is 11.8. The number of carbonyl (C=O) groups is 1. The smallest absolute Gasteiger partial charge is 0.224 e. The summed E-state index contributed by atoms with van der Waals surface area (Å²) in [6.07, 6.45) is 1.11. The lowest BCUT2D eigenvalue weighted by atomic mass is 10.2. The number of aryl methyl sites for hydroxylation is 2. The SMILES string of the molecule is COc1ccc(NC(=O)CCc2csc(C)n2)cc1. The van der Waals surface area contributed by atoms with Gasteiger partial charge in [0, 0.05) is 17.5 Å². The van der Waals surface area contributed by atoms with Crippen LogP contribution in [0.25, 0.3) is 0 Å². The number of carbonyl (C=O) groups excluding carboxylic acids is 1. The monoisotopic (exact) mass is 276 g/mol. The van der Waals surface area contributed by atoms with Gasteiger partial charge in [-0.2, -0.15) is 0 Å². The number of hydrogen-bond donors (Lipinski definition) is 1. The van der Waals surface area contributed by atoms with Crippen LogP contribution in [0.15, 0.2) is 29.6 Å². The molecule has 0 saturated heterocycles. The Bertz CT molecular complexity index is 549. The van der Waals surface area contributed by atoms with Crippen LogP contribution >= 0.6 is 11.3 Å². The summed E-state index contributed by atoms with van der Waals surface area (Å²) in [5.74, 6) is 0.770. The van der Waals surface area contributed by atoms with Gasteiger partial charge in [-0.15, -0.1) is 11.3 Å². The minimum Gasteiger partial charge on any atom is -0.497 e. The van der Waals surface area contributed by atoms with Gasteiger partial charge in [0.15, 0.2) is 0 Å². The van der Waals surface area contributed by atoms with Crippen LogP contribution in [0.3, 0.4) is 0 Å². The van der Waals surface area contributed by atoms with Crippen molar-refractivity contribution in [3.05, 3.63) is 40.3 Å². The molecular formula is C14H16N2O2S. The molecular weight excluding hydrogens is 260 g/mol. The summed E-state index contributed by atoms with van der Waals surface area (Å²) in [4.78, 5) is 16.1. The maximum atomic E-state index is 11.8. The average molecular weight is 276 g/mol. The van der Waals surface area contributed by atoms with Crippen LogP contribution in [0.2, 0.25) is 0 Å². The van der Waals surface area contributed by atoms with Crippen molar-refractivity contribution in [1.82, 2.24) is 4.98 Å². The number of amides is 1. The van der Waals surface area contributed by atoms with Crippen LogP contribution in [0.4, 0.5) is 5.69 Å². The Morgan fingerprint density at radius 3 is 2.68 bits per heavy atom. The van der Waals surface area contributed by atoms with E-state index >= 15 is 0 Å². The fourth-order valence-corrected chi connectivity index (χ4v) is 2.31. The van der Waals surface area contributed by atoms with E-state index in [0.717, 1.165) is 22.1 Å². The fraction of sp³-hybridized carbons (Fsp3) is 0.286. The number of rotatable bonds is 5. The Morgan fingerprint density at radius 2 is 2.11 bits per heavy atom. The third-order valence-corrected chi connectivity index (χ3v) is 3.47. The summed E-state index contributed by atoms with van der Waals surface area (Å²) >= 11 is 1.61. The summed E-state index contributed by atoms with van der Waals surface area (Å²) in [6.45, 7) is 1.96. The summed E-state index contributed by atoms with van der Waals surface area (Å²) in [5, 5.41) is 5.88. The summed E-state index contributed by atoms with van der Waals surface area (Å²) in [5.41, 5.74) is 1.76. The Kier molecular flexibility index (Phi) is 4.52. The Morgan fingerprint density at radius 1 is 1.37 bits per heavy atom. The predicted octanol–water partition coefficient (Wildman–Crippen LogP) is 3.03. The minimum absolute atomic E-state index is 0.00387. The molecule has 0 spiro atoms. The molecule has 1 aromatic heterocycles. The highest BCUT2D eigenvalue weighted by molar-refractivity contribution is 7.09. The van der Waals surface area contributed by atoms with Crippen LogP contribution in [-0.4, -0.2) is 18.0 Å². The topological polar surface area (TPSA) is 51.2 Å². The molecule has 2 rings (SSSR count). The highest BCUT2D eigenvalue weighted by Crippen LogP contribution is 2.15. The molecule has 0 radical (unpaired) electrons. The summed E-state index contributed by atoms with van der Waals surface area (Å²) in [7, 11) is 1.61. The van der Waals surface area contributed by atoms with Crippen molar-refractivity contribution in [3.63, 3.8) is 0 Å². The molecule has 19 heavy (non-hydrogen) atoms. The van der Waals surface area contributed by atoms with Crippen LogP contribution in [0, 0.1) is 6.92 Å². The molecule has 5 heteroatoms. The molecule has 4 nitrogen and oxygen atoms in total. The second kappa shape index (κ2) is 6.33. The summed E-state index contributed by atoms with van der Waals surface area (Å²) in [6, 6.07) is 7.28. The second-order valence-corrected chi connectivity index (χ2v) is 5.20. The molecule has 100 valence electrons. The highest BCUT2D eigenvalue weighted by atomic mass is 32.1. The van der Waals surface area contributed by atoms with Crippen molar-refractivity contribution < 1.29 is 9.53 Å². The number of thiazole rings is 1. The lowest BCUT2D eigenvalue weighted by Gasteiger charge is -2.05. The Balaban J connectivity index is 1.83. The molecule has 1 aromatic carbocycles. The molecule has 0 aliphatic heterocycles. The Labute approximate surface area is 116 Å². The minimum atomic E-state index is -0.00387. The molecule has 1 heterocycles. The highest BCUT2D eigenvalue weighted by Gasteiger charge is 2.05. The molecule has 0 fully saturated rings. The number of methoxy groups -OCH3 is 1. The van der Waals surface area contributed by atoms with E-state index in [9.17, 15) is 4.79 Å². The summed E-state index contributed by atoms with van der Waals surface area (Å²) < 4.78 is 5.06. The molecule has 0 atom stereocenters. The van der Waals surface area contributed by atoms with E-state index in [-0.39, 0.29) is 5.91 Å². The number of benzene rings is 1. The van der Waals surface area contributed by atoms with Crippen LogP contribution in [0.1, 0.15) is 17.1 Å². The van der Waals surface area contributed by atoms with Crippen molar-refractivity contribution in [2.75, 3.05) is 12.4 Å². The van der Waals surface area contributed by atoms with E-state index < -0.39 is 0 Å². The van der Waals surface area contributed by atoms with Crippen LogP contribution < -0.4 is 10.1 Å². The quantitative estimate of drug-likeness (QED) is 0.913. The number of aromatic nitrogens is 1. The van der Waals surface area contributed by atoms with Gasteiger partial charge in [-0.05, 0) is 37.6 Å². The fourth-order valence-electron chi connectivity index (χ4n) is 1.66. The van der Waals surface area contributed by atoms with E-state index in [1.165, 1.54) is 0 Å². The van der Waals surface area contributed by atoms with E-state index in [2.05, 4.69) is 10.3 Å². The van der Waals surface area contributed by atoms with E-state index in [1.807, 2.05) is 36.6 Å². The molecule has 1 N–H and O–H groups in total. The van der Waals surface area contributed by atoms with Gasteiger partial charge in [-0.25, -0.2) is 4.98 Å². The first-order chi connectivity index (χ1) is 9.17. The van der Waals surface area contributed by atoms with Gasteiger partial charge in [-0.1, -0.05) is 0 Å². The van der Waals surface area contributed by atoms with Gasteiger partial charge < -0.3 is 10.1 Å². The number of anilines is 1. The molecule has 0 saturated carbocycles. The maximum Gasteiger partial charge on any atom is 0.224 e. The van der Waals surface area contributed by atoms with Gasteiger partial charge in [0.1, 0.15) is 5.75 Å². The predicted molar refractivity (Wildman–Crippen MR) is 76.8 cm³/mol. The molecule has 1 amide bonds. The normalized spacial score (nSPS) is 10.2. The Hall–Kier alpha value is -1.88. The molecule has 0 bridgehead atoms. The molecule has 0 aliphatic rings. The van der Waals surface area contributed by atoms with Crippen molar-refractivity contribution >= 4 is 22.9 Å². The second-order valence-electron chi connectivity index (χ2n) is 4.13. The van der Waals surface area contributed by atoms with E-state index in [1.54, 1.807) is 18.4 Å². The van der Waals surface area contributed by atoms with Gasteiger partial charge in [0.05, 0.1) is 17.8 Å². The maximum absolute atomic E-state index is 11.8. The third kappa shape index (κ3) is 4.06. The van der Waals surface area contributed by atoms with E-state index in [4.69, 9.17) is 4.74 Å². The van der Waals surface area contributed by atoms with Crippen molar-refractivity contribution in [2.24, 2.45) is 0 Å². The number of nitrogens with one attached hydrogen (secondary N) is 1. The van der Waals surface area contributed by atoms with Crippen LogP contribution in [-0.2, 0) is 11.2 Å². The zero-order chi connectivity index (χ0) is 13.7. The number of nitrogens with zero attached hydrogens (tertiary/aromatic N) is 1. The van der Waals surface area contributed by atoms with E-state index in [0.29, 0.717) is 12.8 Å². The third-order valence-electron chi connectivity index (χ3n) is 2.65. The van der Waals surface area contributed by atoms with Crippen molar-refractivity contribution in [3.8, 4) is 5.75 Å². The van der Waals surface area contributed by atoms with Crippen LogP contribution in [0.5, 0.6) is 5.75 Å². The van der Waals surface area contributed by atoms with Gasteiger partial charge in [0.25, 0.3) is 0 Å². The largest absolute Gasteiger partial charge is 0.497 e. The van der Waals surface area contributed by atoms with Gasteiger partial charge in [-0.3, -0.25) is 4.79 Å². The lowest BCUT2D eigenvalue weighted by molar-refractivity contribution is -0.116. The van der Waals surface area contributed by atoms with Crippen molar-refractivity contribution in [2.45, 2.75) is 19.8 Å². The van der Waals surface area contributed by atoms with Gasteiger partial charge in [0.2, 0.25) is 5.91 Å². The van der Waals surface area contributed by atoms with Gasteiger partial charge >= 0.3 is 0 Å². The number of hydrogen-bond acceptors (Lipinski definition) is 4. The first-order valence-electron chi connectivity index (χ1n) is 6.02. The molecule has 0 unspecified atom stereocenters. The zero-order valence-electron chi connectivity index (χ0n) is 11.0. The van der Waals surface area contributed by atoms with Crippen molar-refractivity contribution in [1.29, 1.82) is 0 Å². The molecule has 0 aliphatic carbocycles.